The highest BCUT2D eigenvalue weighted by Gasteiger charge is 2.21. The second-order valence-electron chi connectivity index (χ2n) is 5.50. The van der Waals surface area contributed by atoms with Crippen molar-refractivity contribution in [1.29, 1.82) is 0 Å². The van der Waals surface area contributed by atoms with Gasteiger partial charge in [0.05, 0.1) is 6.20 Å². The Morgan fingerprint density at radius 1 is 1.33 bits per heavy atom. The first-order valence-electron chi connectivity index (χ1n) is 7.59. The zero-order valence-electron chi connectivity index (χ0n) is 11.9. The molecular weight excluding hydrogens is 222 g/mol. The van der Waals surface area contributed by atoms with Crippen molar-refractivity contribution >= 4 is 0 Å². The van der Waals surface area contributed by atoms with E-state index in [0.717, 1.165) is 13.1 Å². The Bertz CT molecular complexity index is 345. The summed E-state index contributed by atoms with van der Waals surface area (Å²) in [7, 11) is 0. The topological polar surface area (TPSA) is 29.9 Å². The third kappa shape index (κ3) is 3.58. The number of aryl methyl sites for hydroxylation is 1. The summed E-state index contributed by atoms with van der Waals surface area (Å²) >= 11 is 0. The van der Waals surface area contributed by atoms with E-state index in [4.69, 9.17) is 0 Å². The van der Waals surface area contributed by atoms with Gasteiger partial charge in [0.15, 0.2) is 0 Å². The van der Waals surface area contributed by atoms with Crippen LogP contribution in [0.5, 0.6) is 0 Å². The summed E-state index contributed by atoms with van der Waals surface area (Å²) in [4.78, 5) is 0. The van der Waals surface area contributed by atoms with E-state index in [-0.39, 0.29) is 0 Å². The predicted molar refractivity (Wildman–Crippen MR) is 75.8 cm³/mol. The molecule has 2 atom stereocenters. The molecule has 1 aliphatic rings. The summed E-state index contributed by atoms with van der Waals surface area (Å²) in [6.45, 7) is 6.53. The quantitative estimate of drug-likeness (QED) is 0.811. The van der Waals surface area contributed by atoms with Crippen LogP contribution in [0.2, 0.25) is 0 Å². The minimum atomic E-state index is 0.710. The first-order valence-corrected chi connectivity index (χ1v) is 7.59. The van der Waals surface area contributed by atoms with Gasteiger partial charge in [-0.15, -0.1) is 0 Å². The fourth-order valence-corrected chi connectivity index (χ4v) is 2.96. The fraction of sp³-hybridized carbons (Fsp3) is 0.800. The third-order valence-electron chi connectivity index (χ3n) is 4.06. The Kier molecular flexibility index (Phi) is 5.24. The highest BCUT2D eigenvalue weighted by Crippen LogP contribution is 2.31. The molecule has 2 rings (SSSR count). The molecule has 1 N–H and O–H groups in total. The molecule has 1 heterocycles. The van der Waals surface area contributed by atoms with Gasteiger partial charge in [0, 0.05) is 18.8 Å². The van der Waals surface area contributed by atoms with Gasteiger partial charge in [0.25, 0.3) is 0 Å². The average Bonchev–Trinajstić information content (AvgIpc) is 2.75. The van der Waals surface area contributed by atoms with Gasteiger partial charge in [0.1, 0.15) is 0 Å². The Balaban J connectivity index is 1.97. The van der Waals surface area contributed by atoms with E-state index in [0.29, 0.717) is 12.0 Å². The SMILES string of the molecule is CCCNC1CCCCC(c2cnn(CC)c2)C1. The van der Waals surface area contributed by atoms with Gasteiger partial charge < -0.3 is 5.32 Å². The lowest BCUT2D eigenvalue weighted by atomic mass is 9.92. The summed E-state index contributed by atoms with van der Waals surface area (Å²) in [5.74, 6) is 0.710. The van der Waals surface area contributed by atoms with Crippen molar-refractivity contribution in [1.82, 2.24) is 15.1 Å². The van der Waals surface area contributed by atoms with Gasteiger partial charge >= 0.3 is 0 Å². The minimum absolute atomic E-state index is 0.710. The van der Waals surface area contributed by atoms with E-state index >= 15 is 0 Å². The first-order chi connectivity index (χ1) is 8.83. The second-order valence-corrected chi connectivity index (χ2v) is 5.50. The number of nitrogens with one attached hydrogen (secondary N) is 1. The second kappa shape index (κ2) is 6.93. The molecule has 1 saturated carbocycles. The molecule has 102 valence electrons. The molecule has 1 aromatic rings. The fourth-order valence-electron chi connectivity index (χ4n) is 2.96. The molecule has 2 unspecified atom stereocenters. The van der Waals surface area contributed by atoms with Crippen LogP contribution in [0.3, 0.4) is 0 Å². The highest BCUT2D eigenvalue weighted by molar-refractivity contribution is 5.12. The molecule has 0 radical (unpaired) electrons. The van der Waals surface area contributed by atoms with Crippen molar-refractivity contribution in [2.75, 3.05) is 6.54 Å². The minimum Gasteiger partial charge on any atom is -0.314 e. The lowest BCUT2D eigenvalue weighted by Crippen LogP contribution is -2.30. The van der Waals surface area contributed by atoms with Gasteiger partial charge in [0.2, 0.25) is 0 Å². The van der Waals surface area contributed by atoms with E-state index in [1.54, 1.807) is 0 Å². The van der Waals surface area contributed by atoms with Crippen molar-refractivity contribution in [2.24, 2.45) is 0 Å². The van der Waals surface area contributed by atoms with Crippen LogP contribution in [0.25, 0.3) is 0 Å². The molecule has 0 bridgehead atoms. The standard InChI is InChI=1S/C15H27N3/c1-3-9-16-15-8-6-5-7-13(10-15)14-11-17-18(4-2)12-14/h11-13,15-16H,3-10H2,1-2H3. The molecule has 0 saturated heterocycles. The number of rotatable bonds is 5. The lowest BCUT2D eigenvalue weighted by Gasteiger charge is -2.20. The molecular formula is C15H27N3. The van der Waals surface area contributed by atoms with Crippen molar-refractivity contribution in [2.45, 2.75) is 70.9 Å². The van der Waals surface area contributed by atoms with E-state index < -0.39 is 0 Å². The largest absolute Gasteiger partial charge is 0.314 e. The molecule has 3 nitrogen and oxygen atoms in total. The van der Waals surface area contributed by atoms with Gasteiger partial charge in [-0.2, -0.15) is 5.10 Å². The maximum atomic E-state index is 4.42. The Morgan fingerprint density at radius 3 is 2.89 bits per heavy atom. The van der Waals surface area contributed by atoms with Crippen molar-refractivity contribution < 1.29 is 0 Å². The normalized spacial score (nSPS) is 25.0. The molecule has 0 amide bonds. The predicted octanol–water partition coefficient (Wildman–Crippen LogP) is 3.32. The van der Waals surface area contributed by atoms with Crippen LogP contribution in [0.4, 0.5) is 0 Å². The van der Waals surface area contributed by atoms with E-state index in [1.807, 2.05) is 0 Å². The van der Waals surface area contributed by atoms with Crippen LogP contribution in [-0.2, 0) is 6.54 Å². The van der Waals surface area contributed by atoms with Crippen LogP contribution in [0.1, 0.15) is 63.9 Å². The van der Waals surface area contributed by atoms with Crippen molar-refractivity contribution in [3.8, 4) is 0 Å². The van der Waals surface area contributed by atoms with Crippen LogP contribution in [0.15, 0.2) is 12.4 Å². The first kappa shape index (κ1) is 13.6. The van der Waals surface area contributed by atoms with E-state index in [1.165, 1.54) is 44.1 Å². The van der Waals surface area contributed by atoms with Crippen molar-refractivity contribution in [3.05, 3.63) is 18.0 Å². The summed E-state index contributed by atoms with van der Waals surface area (Å²) in [6.07, 6.45) is 12.3. The molecule has 1 aliphatic carbocycles. The van der Waals surface area contributed by atoms with Gasteiger partial charge in [-0.05, 0) is 50.6 Å². The van der Waals surface area contributed by atoms with Crippen LogP contribution in [-0.4, -0.2) is 22.4 Å². The summed E-state index contributed by atoms with van der Waals surface area (Å²) in [6, 6.07) is 0.711. The van der Waals surface area contributed by atoms with Crippen LogP contribution >= 0.6 is 0 Å². The van der Waals surface area contributed by atoms with E-state index in [9.17, 15) is 0 Å². The maximum absolute atomic E-state index is 4.42. The Labute approximate surface area is 111 Å². The number of hydrogen-bond acceptors (Lipinski definition) is 2. The smallest absolute Gasteiger partial charge is 0.0524 e. The van der Waals surface area contributed by atoms with Crippen LogP contribution < -0.4 is 5.32 Å². The molecule has 1 aromatic heterocycles. The molecule has 18 heavy (non-hydrogen) atoms. The summed E-state index contributed by atoms with van der Waals surface area (Å²) < 4.78 is 2.05. The van der Waals surface area contributed by atoms with Crippen molar-refractivity contribution in [3.63, 3.8) is 0 Å². The number of hydrogen-bond donors (Lipinski definition) is 1. The van der Waals surface area contributed by atoms with Crippen LogP contribution in [0, 0.1) is 0 Å². The van der Waals surface area contributed by atoms with Gasteiger partial charge in [-0.25, -0.2) is 0 Å². The molecule has 0 aromatic carbocycles. The summed E-state index contributed by atoms with van der Waals surface area (Å²) in [5, 5.41) is 8.13. The average molecular weight is 249 g/mol. The molecule has 3 heteroatoms. The zero-order chi connectivity index (χ0) is 12.8. The zero-order valence-corrected chi connectivity index (χ0v) is 11.9. The summed E-state index contributed by atoms with van der Waals surface area (Å²) in [5.41, 5.74) is 1.45. The number of aromatic nitrogens is 2. The monoisotopic (exact) mass is 249 g/mol. The van der Waals surface area contributed by atoms with Gasteiger partial charge in [-0.1, -0.05) is 19.8 Å². The molecule has 0 spiro atoms. The molecule has 1 fully saturated rings. The van der Waals surface area contributed by atoms with Gasteiger partial charge in [-0.3, -0.25) is 4.68 Å². The molecule has 0 aliphatic heterocycles. The van der Waals surface area contributed by atoms with E-state index in [2.05, 4.69) is 41.3 Å². The Hall–Kier alpha value is -0.830. The maximum Gasteiger partial charge on any atom is 0.0524 e. The lowest BCUT2D eigenvalue weighted by molar-refractivity contribution is 0.439. The highest BCUT2D eigenvalue weighted by atomic mass is 15.3. The number of nitrogens with zero attached hydrogens (tertiary/aromatic N) is 2. The third-order valence-corrected chi connectivity index (χ3v) is 4.06. The Morgan fingerprint density at radius 2 is 2.17 bits per heavy atom.